The molecule has 180 valence electrons. The van der Waals surface area contributed by atoms with Crippen LogP contribution in [0.15, 0.2) is 53.9 Å². The Kier molecular flexibility index (Phi) is 7.11. The van der Waals surface area contributed by atoms with Gasteiger partial charge in [0.2, 0.25) is 5.91 Å². The zero-order chi connectivity index (χ0) is 24.1. The second-order valence-corrected chi connectivity index (χ2v) is 8.45. The van der Waals surface area contributed by atoms with Crippen LogP contribution in [0.25, 0.3) is 0 Å². The van der Waals surface area contributed by atoms with Crippen LogP contribution in [0.4, 0.5) is 29.7 Å². The molecule has 0 spiro atoms. The van der Waals surface area contributed by atoms with Crippen LogP contribution >= 0.6 is 11.3 Å². The number of thiazole rings is 1. The summed E-state index contributed by atoms with van der Waals surface area (Å²) in [6.45, 7) is 2.71. The van der Waals surface area contributed by atoms with Crippen LogP contribution < -0.4 is 19.7 Å². The van der Waals surface area contributed by atoms with Gasteiger partial charge >= 0.3 is 6.36 Å². The first-order valence-corrected chi connectivity index (χ1v) is 11.4. The number of hydrogen-bond donors (Lipinski definition) is 1. The molecular formula is C23H23F3N4O3S. The van der Waals surface area contributed by atoms with Gasteiger partial charge in [-0.3, -0.25) is 4.79 Å². The van der Waals surface area contributed by atoms with Gasteiger partial charge in [-0.1, -0.05) is 6.07 Å². The Morgan fingerprint density at radius 3 is 2.50 bits per heavy atom. The van der Waals surface area contributed by atoms with Crippen molar-refractivity contribution in [3.8, 4) is 11.5 Å². The minimum Gasteiger partial charge on any atom is -0.497 e. The molecule has 11 heteroatoms. The van der Waals surface area contributed by atoms with E-state index in [9.17, 15) is 18.0 Å². The minimum absolute atomic E-state index is 0.00999. The summed E-state index contributed by atoms with van der Waals surface area (Å²) in [4.78, 5) is 21.2. The molecule has 1 aliphatic rings. The number of piperazine rings is 1. The summed E-state index contributed by atoms with van der Waals surface area (Å²) in [5.41, 5.74) is 2.28. The molecule has 0 unspecified atom stereocenters. The first-order valence-electron chi connectivity index (χ1n) is 10.5. The van der Waals surface area contributed by atoms with Crippen LogP contribution in [0, 0.1) is 0 Å². The third-order valence-electron chi connectivity index (χ3n) is 5.27. The highest BCUT2D eigenvalue weighted by Gasteiger charge is 2.31. The summed E-state index contributed by atoms with van der Waals surface area (Å²) < 4.78 is 46.0. The van der Waals surface area contributed by atoms with Crippen LogP contribution in [0.3, 0.4) is 0 Å². The monoisotopic (exact) mass is 492 g/mol. The number of amides is 1. The van der Waals surface area contributed by atoms with Gasteiger partial charge in [0.1, 0.15) is 11.5 Å². The Balaban J connectivity index is 1.27. The molecule has 1 amide bonds. The van der Waals surface area contributed by atoms with E-state index in [4.69, 9.17) is 4.74 Å². The molecule has 0 radical (unpaired) electrons. The van der Waals surface area contributed by atoms with E-state index in [1.807, 2.05) is 29.2 Å². The molecule has 0 saturated carbocycles. The molecule has 3 aromatic rings. The quantitative estimate of drug-likeness (QED) is 0.517. The van der Waals surface area contributed by atoms with Crippen LogP contribution in [0.5, 0.6) is 11.5 Å². The smallest absolute Gasteiger partial charge is 0.497 e. The Labute approximate surface area is 198 Å². The SMILES string of the molecule is COc1cccc(N2CCN(C(=O)Cc3csc(Nc4ccc(OC(F)(F)F)cc4)n3)CC2)c1. The van der Waals surface area contributed by atoms with Crippen molar-refractivity contribution in [1.29, 1.82) is 0 Å². The average Bonchev–Trinajstić information content (AvgIpc) is 3.26. The number of ether oxygens (including phenoxy) is 2. The van der Waals surface area contributed by atoms with E-state index in [-0.39, 0.29) is 18.1 Å². The van der Waals surface area contributed by atoms with Crippen molar-refractivity contribution in [2.24, 2.45) is 0 Å². The predicted molar refractivity (Wildman–Crippen MR) is 124 cm³/mol. The van der Waals surface area contributed by atoms with Gasteiger partial charge in [-0.05, 0) is 36.4 Å². The van der Waals surface area contributed by atoms with Crippen molar-refractivity contribution in [1.82, 2.24) is 9.88 Å². The number of nitrogens with zero attached hydrogens (tertiary/aromatic N) is 3. The fourth-order valence-corrected chi connectivity index (χ4v) is 4.33. The van der Waals surface area contributed by atoms with Gasteiger partial charge in [0.05, 0.1) is 19.2 Å². The molecule has 34 heavy (non-hydrogen) atoms. The van der Waals surface area contributed by atoms with Crippen molar-refractivity contribution in [2.75, 3.05) is 43.5 Å². The number of hydrogen-bond acceptors (Lipinski definition) is 7. The molecular weight excluding hydrogens is 469 g/mol. The molecule has 1 N–H and O–H groups in total. The first-order chi connectivity index (χ1) is 16.3. The Bertz CT molecular complexity index is 1110. The number of halogens is 3. The summed E-state index contributed by atoms with van der Waals surface area (Å²) in [6.07, 6.45) is -4.54. The summed E-state index contributed by atoms with van der Waals surface area (Å²) in [7, 11) is 1.64. The van der Waals surface area contributed by atoms with E-state index in [1.165, 1.54) is 35.6 Å². The van der Waals surface area contributed by atoms with Gasteiger partial charge in [-0.2, -0.15) is 0 Å². The van der Waals surface area contributed by atoms with E-state index in [1.54, 1.807) is 12.5 Å². The average molecular weight is 493 g/mol. The molecule has 1 fully saturated rings. The van der Waals surface area contributed by atoms with E-state index in [2.05, 4.69) is 19.9 Å². The molecule has 0 aliphatic carbocycles. The van der Waals surface area contributed by atoms with E-state index in [0.717, 1.165) is 24.5 Å². The molecule has 4 rings (SSSR count). The van der Waals surface area contributed by atoms with E-state index < -0.39 is 6.36 Å². The minimum atomic E-state index is -4.73. The number of carbonyl (C=O) groups is 1. The highest BCUT2D eigenvalue weighted by Crippen LogP contribution is 2.27. The van der Waals surface area contributed by atoms with Gasteiger partial charge in [0, 0.05) is 49.0 Å². The number of methoxy groups -OCH3 is 1. The van der Waals surface area contributed by atoms with E-state index >= 15 is 0 Å². The number of aromatic nitrogens is 1. The van der Waals surface area contributed by atoms with Crippen LogP contribution in [-0.4, -0.2) is 55.4 Å². The zero-order valence-electron chi connectivity index (χ0n) is 18.3. The Morgan fingerprint density at radius 1 is 1.09 bits per heavy atom. The summed E-state index contributed by atoms with van der Waals surface area (Å²) >= 11 is 1.32. The topological polar surface area (TPSA) is 66.9 Å². The molecule has 1 aliphatic heterocycles. The summed E-state index contributed by atoms with van der Waals surface area (Å²) in [6, 6.07) is 13.2. The van der Waals surface area contributed by atoms with E-state index in [0.29, 0.717) is 29.6 Å². The maximum atomic E-state index is 12.8. The second kappa shape index (κ2) is 10.2. The highest BCUT2D eigenvalue weighted by molar-refractivity contribution is 7.13. The Morgan fingerprint density at radius 2 is 1.82 bits per heavy atom. The zero-order valence-corrected chi connectivity index (χ0v) is 19.2. The van der Waals surface area contributed by atoms with Gasteiger partial charge in [0.25, 0.3) is 0 Å². The van der Waals surface area contributed by atoms with Crippen molar-refractivity contribution in [3.05, 3.63) is 59.6 Å². The third kappa shape index (κ3) is 6.31. The second-order valence-electron chi connectivity index (χ2n) is 7.59. The van der Waals surface area contributed by atoms with Crippen LogP contribution in [0.1, 0.15) is 5.69 Å². The largest absolute Gasteiger partial charge is 0.573 e. The van der Waals surface area contributed by atoms with Crippen molar-refractivity contribution < 1.29 is 27.4 Å². The fourth-order valence-electron chi connectivity index (χ4n) is 3.60. The molecule has 0 bridgehead atoms. The molecule has 0 atom stereocenters. The Hall–Kier alpha value is -3.47. The molecule has 7 nitrogen and oxygen atoms in total. The first kappa shape index (κ1) is 23.7. The van der Waals surface area contributed by atoms with Crippen molar-refractivity contribution >= 4 is 33.8 Å². The number of rotatable bonds is 7. The lowest BCUT2D eigenvalue weighted by Gasteiger charge is -2.36. The van der Waals surface area contributed by atoms with Gasteiger partial charge in [-0.25, -0.2) is 4.98 Å². The van der Waals surface area contributed by atoms with Crippen molar-refractivity contribution in [2.45, 2.75) is 12.8 Å². The molecule has 2 heterocycles. The highest BCUT2D eigenvalue weighted by atomic mass is 32.1. The molecule has 1 aromatic heterocycles. The maximum absolute atomic E-state index is 12.8. The molecule has 1 saturated heterocycles. The third-order valence-corrected chi connectivity index (χ3v) is 6.08. The summed E-state index contributed by atoms with van der Waals surface area (Å²) in [5.74, 6) is 0.514. The van der Waals surface area contributed by atoms with Crippen LogP contribution in [0.2, 0.25) is 0 Å². The van der Waals surface area contributed by atoms with Gasteiger partial charge in [0.15, 0.2) is 5.13 Å². The van der Waals surface area contributed by atoms with Gasteiger partial charge < -0.3 is 24.6 Å². The van der Waals surface area contributed by atoms with Gasteiger partial charge in [-0.15, -0.1) is 24.5 Å². The maximum Gasteiger partial charge on any atom is 0.573 e. The summed E-state index contributed by atoms with van der Waals surface area (Å²) in [5, 5.41) is 5.38. The lowest BCUT2D eigenvalue weighted by atomic mass is 10.2. The standard InChI is InChI=1S/C23H23F3N4O3S/c1-32-20-4-2-3-18(14-20)29-9-11-30(12-10-29)21(31)13-17-15-34-22(28-17)27-16-5-7-19(8-6-16)33-23(24,25)26/h2-8,14-15H,9-13H2,1H3,(H,27,28). The van der Waals surface area contributed by atoms with Crippen LogP contribution in [-0.2, 0) is 11.2 Å². The fraction of sp³-hybridized carbons (Fsp3) is 0.304. The number of anilines is 3. The number of alkyl halides is 3. The predicted octanol–water partition coefficient (Wildman–Crippen LogP) is 4.69. The lowest BCUT2D eigenvalue weighted by Crippen LogP contribution is -2.49. The lowest BCUT2D eigenvalue weighted by molar-refractivity contribution is -0.274. The number of nitrogens with one attached hydrogen (secondary N) is 1. The van der Waals surface area contributed by atoms with Crippen molar-refractivity contribution in [3.63, 3.8) is 0 Å². The number of carbonyl (C=O) groups excluding carboxylic acids is 1. The number of benzene rings is 2. The molecule has 2 aromatic carbocycles. The normalized spacial score (nSPS) is 14.1.